The molecule has 210 valence electrons. The van der Waals surface area contributed by atoms with Gasteiger partial charge in [0.15, 0.2) is 5.82 Å². The van der Waals surface area contributed by atoms with Crippen LogP contribution in [0.1, 0.15) is 45.6 Å². The second-order valence-electron chi connectivity index (χ2n) is 11.5. The minimum Gasteiger partial charge on any atom is -0.443 e. The fraction of sp³-hybridized carbons (Fsp3) is 0.387. The first-order valence-corrected chi connectivity index (χ1v) is 13.6. The first kappa shape index (κ1) is 27.7. The molecule has 1 saturated carbocycles. The van der Waals surface area contributed by atoms with Gasteiger partial charge >= 0.3 is 6.09 Å². The van der Waals surface area contributed by atoms with Crippen molar-refractivity contribution in [2.75, 3.05) is 0 Å². The summed E-state index contributed by atoms with van der Waals surface area (Å²) in [4.78, 5) is 15.3. The quantitative estimate of drug-likeness (QED) is 0.397. The molecule has 2 unspecified atom stereocenters. The Morgan fingerprint density at radius 1 is 1.18 bits per heavy atom. The molecular formula is C31H36FN5O3. The lowest BCUT2D eigenvalue weighted by Crippen LogP contribution is -2.54. The second kappa shape index (κ2) is 11.0. The molecule has 40 heavy (non-hydrogen) atoms. The van der Waals surface area contributed by atoms with Crippen LogP contribution in [-0.2, 0) is 11.8 Å². The van der Waals surface area contributed by atoms with Crippen LogP contribution in [0.2, 0.25) is 0 Å². The van der Waals surface area contributed by atoms with Gasteiger partial charge in [-0.15, -0.1) is 16.8 Å². The number of benzene rings is 2. The minimum atomic E-state index is -0.702. The Morgan fingerprint density at radius 3 is 2.60 bits per heavy atom. The van der Waals surface area contributed by atoms with Crippen LogP contribution < -0.4 is 5.32 Å². The molecule has 0 bridgehead atoms. The number of amides is 1. The van der Waals surface area contributed by atoms with Gasteiger partial charge in [0, 0.05) is 24.6 Å². The van der Waals surface area contributed by atoms with Gasteiger partial charge in [-0.3, -0.25) is 10.2 Å². The lowest BCUT2D eigenvalue weighted by Gasteiger charge is -2.35. The highest BCUT2D eigenvalue weighted by Crippen LogP contribution is 2.39. The number of ether oxygens (including phenoxy) is 1. The lowest BCUT2D eigenvalue weighted by atomic mass is 9.96. The molecule has 2 aromatic carbocycles. The van der Waals surface area contributed by atoms with Crippen molar-refractivity contribution >= 4 is 11.8 Å². The first-order valence-electron chi connectivity index (χ1n) is 13.6. The largest absolute Gasteiger partial charge is 0.443 e. The summed E-state index contributed by atoms with van der Waals surface area (Å²) in [6.07, 6.45) is 6.42. The van der Waals surface area contributed by atoms with Crippen LogP contribution in [0.3, 0.4) is 0 Å². The van der Waals surface area contributed by atoms with Crippen LogP contribution in [0.4, 0.5) is 9.18 Å². The molecule has 1 amide bonds. The highest BCUT2D eigenvalue weighted by Gasteiger charge is 2.42. The Hall–Kier alpha value is -3.82. The molecule has 1 fully saturated rings. The van der Waals surface area contributed by atoms with Crippen molar-refractivity contribution in [1.29, 1.82) is 0 Å². The normalized spacial score (nSPS) is 22.9. The first-order chi connectivity index (χ1) is 19.1. The van der Waals surface area contributed by atoms with Gasteiger partial charge in [-0.05, 0) is 81.0 Å². The summed E-state index contributed by atoms with van der Waals surface area (Å²) in [7, 11) is 1.81. The van der Waals surface area contributed by atoms with Crippen molar-refractivity contribution in [2.45, 2.75) is 63.9 Å². The number of hydrogen-bond acceptors (Lipinski definition) is 6. The van der Waals surface area contributed by atoms with Crippen LogP contribution in [0.25, 0.3) is 28.2 Å². The number of carbonyl (C=O) groups is 1. The van der Waals surface area contributed by atoms with E-state index in [1.54, 1.807) is 27.9 Å². The van der Waals surface area contributed by atoms with Gasteiger partial charge in [0.05, 0.1) is 11.8 Å². The van der Waals surface area contributed by atoms with E-state index in [-0.39, 0.29) is 17.8 Å². The van der Waals surface area contributed by atoms with E-state index in [1.807, 2.05) is 58.2 Å². The van der Waals surface area contributed by atoms with Crippen LogP contribution in [0, 0.1) is 11.7 Å². The minimum absolute atomic E-state index is 0.135. The lowest BCUT2D eigenvalue weighted by molar-refractivity contribution is 0.0233. The zero-order valence-electron chi connectivity index (χ0n) is 23.3. The fourth-order valence-electron chi connectivity index (χ4n) is 5.50. The predicted molar refractivity (Wildman–Crippen MR) is 152 cm³/mol. The van der Waals surface area contributed by atoms with Crippen molar-refractivity contribution in [2.24, 2.45) is 13.0 Å². The summed E-state index contributed by atoms with van der Waals surface area (Å²) in [5, 5.41) is 22.2. The summed E-state index contributed by atoms with van der Waals surface area (Å²) < 4.78 is 21.9. The van der Waals surface area contributed by atoms with Crippen molar-refractivity contribution in [3.63, 3.8) is 0 Å². The topological polar surface area (TPSA) is 92.5 Å². The number of aliphatic hydroxyl groups is 1. The molecule has 2 aliphatic rings. The molecule has 2 heterocycles. The fourth-order valence-corrected chi connectivity index (χ4v) is 5.50. The van der Waals surface area contributed by atoms with Gasteiger partial charge in [-0.2, -0.15) is 0 Å². The molecule has 0 saturated heterocycles. The third kappa shape index (κ3) is 5.57. The molecule has 0 spiro atoms. The smallest absolute Gasteiger partial charge is 0.416 e. The standard InChI is InChI=1S/C31H36FN5O3/c1-6-19-16-26(37(30(39)40-31(2,3)4)28(19)34-25-11-8-12-27(25)38)21-10-7-9-20(15-21)23-14-13-22(32)17-24(23)29-35-33-18-36(29)5/h6-7,9-10,13-19,25,27-28,34,38H,1,8,11-12H2,2-5H3/t19?,25-,27+,28?/m1/s1. The predicted octanol–water partition coefficient (Wildman–Crippen LogP) is 5.51. The van der Waals surface area contributed by atoms with Gasteiger partial charge in [0.25, 0.3) is 0 Å². The van der Waals surface area contributed by atoms with E-state index >= 15 is 0 Å². The molecule has 3 aromatic rings. The molecule has 4 atom stereocenters. The highest BCUT2D eigenvalue weighted by atomic mass is 19.1. The maximum Gasteiger partial charge on any atom is 0.416 e. The van der Waals surface area contributed by atoms with Crippen LogP contribution >= 0.6 is 0 Å². The van der Waals surface area contributed by atoms with Crippen molar-refractivity contribution in [3.05, 3.63) is 78.9 Å². The van der Waals surface area contributed by atoms with Gasteiger partial charge in [0.2, 0.25) is 0 Å². The average Bonchev–Trinajstić information content (AvgIpc) is 3.61. The third-order valence-corrected chi connectivity index (χ3v) is 7.38. The molecule has 0 radical (unpaired) electrons. The average molecular weight is 546 g/mol. The summed E-state index contributed by atoms with van der Waals surface area (Å²) in [5.41, 5.74) is 2.99. The Morgan fingerprint density at radius 2 is 1.95 bits per heavy atom. The number of rotatable bonds is 6. The van der Waals surface area contributed by atoms with Crippen molar-refractivity contribution in [3.8, 4) is 22.5 Å². The Kier molecular flexibility index (Phi) is 7.61. The number of nitrogens with zero attached hydrogens (tertiary/aromatic N) is 4. The van der Waals surface area contributed by atoms with E-state index in [2.05, 4.69) is 22.1 Å². The number of aryl methyl sites for hydroxylation is 1. The number of halogens is 1. The number of nitrogens with one attached hydrogen (secondary N) is 1. The molecular weight excluding hydrogens is 509 g/mol. The maximum absolute atomic E-state index is 14.3. The van der Waals surface area contributed by atoms with E-state index in [9.17, 15) is 14.3 Å². The van der Waals surface area contributed by atoms with Crippen LogP contribution in [-0.4, -0.2) is 54.8 Å². The second-order valence-corrected chi connectivity index (χ2v) is 11.5. The summed E-state index contributed by atoms with van der Waals surface area (Å²) >= 11 is 0. The van der Waals surface area contributed by atoms with Crippen LogP contribution in [0.5, 0.6) is 0 Å². The van der Waals surface area contributed by atoms with E-state index in [1.165, 1.54) is 12.1 Å². The molecule has 5 rings (SSSR count). The molecule has 2 N–H and O–H groups in total. The number of aromatic nitrogens is 3. The Labute approximate surface area is 234 Å². The molecule has 1 aliphatic heterocycles. The highest BCUT2D eigenvalue weighted by molar-refractivity contribution is 5.87. The summed E-state index contributed by atoms with van der Waals surface area (Å²) in [6.45, 7) is 9.53. The molecule has 9 heteroatoms. The van der Waals surface area contributed by atoms with E-state index in [0.29, 0.717) is 17.1 Å². The number of hydrogen-bond donors (Lipinski definition) is 2. The number of carbonyl (C=O) groups excluding carboxylic acids is 1. The van der Waals surface area contributed by atoms with Crippen molar-refractivity contribution < 1.29 is 19.0 Å². The monoisotopic (exact) mass is 545 g/mol. The van der Waals surface area contributed by atoms with Gasteiger partial charge in [0.1, 0.15) is 23.9 Å². The zero-order chi connectivity index (χ0) is 28.6. The van der Waals surface area contributed by atoms with Crippen molar-refractivity contribution in [1.82, 2.24) is 25.0 Å². The SMILES string of the molecule is C=CC1C=C(c2cccc(-c3ccc(F)cc3-c3nncn3C)c2)N(C(=O)OC(C)(C)C)C1N[C@@H]1CCC[C@@H]1O. The molecule has 1 aliphatic carbocycles. The zero-order valence-corrected chi connectivity index (χ0v) is 23.3. The van der Waals surface area contributed by atoms with Gasteiger partial charge in [-0.1, -0.05) is 30.3 Å². The third-order valence-electron chi connectivity index (χ3n) is 7.38. The number of aliphatic hydroxyl groups excluding tert-OH is 1. The Balaban J connectivity index is 1.57. The van der Waals surface area contributed by atoms with Crippen LogP contribution in [0.15, 0.2) is 67.5 Å². The van der Waals surface area contributed by atoms with E-state index in [0.717, 1.165) is 36.0 Å². The van der Waals surface area contributed by atoms with Gasteiger partial charge < -0.3 is 14.4 Å². The summed E-state index contributed by atoms with van der Waals surface area (Å²) in [5.74, 6) is -0.0372. The van der Waals surface area contributed by atoms with Gasteiger partial charge in [-0.25, -0.2) is 9.18 Å². The Bertz CT molecular complexity index is 1440. The van der Waals surface area contributed by atoms with E-state index in [4.69, 9.17) is 4.74 Å². The molecule has 8 nitrogen and oxygen atoms in total. The maximum atomic E-state index is 14.3. The van der Waals surface area contributed by atoms with E-state index < -0.39 is 24.0 Å². The summed E-state index contributed by atoms with van der Waals surface area (Å²) in [6, 6.07) is 12.2. The molecule has 1 aromatic heterocycles.